The van der Waals surface area contributed by atoms with Gasteiger partial charge in [-0.2, -0.15) is 0 Å². The molecular weight excluding hydrogens is 348 g/mol. The Hall–Kier alpha value is -3.03. The van der Waals surface area contributed by atoms with Crippen molar-refractivity contribution < 1.29 is 19.0 Å². The van der Waals surface area contributed by atoms with Crippen LogP contribution in [0.1, 0.15) is 29.6 Å². The summed E-state index contributed by atoms with van der Waals surface area (Å²) in [4.78, 5) is 23.4. The second-order valence-corrected chi connectivity index (χ2v) is 6.19. The number of nitrogens with one attached hydrogen (secondary N) is 1. The minimum absolute atomic E-state index is 0.311. The predicted molar refractivity (Wildman–Crippen MR) is 102 cm³/mol. The molecule has 0 saturated carbocycles. The van der Waals surface area contributed by atoms with Crippen LogP contribution < -0.4 is 24.4 Å². The number of carbonyl (C=O) groups is 1. The molecule has 1 aromatic heterocycles. The molecule has 144 valence electrons. The van der Waals surface area contributed by atoms with Gasteiger partial charge in [-0.15, -0.1) is 0 Å². The van der Waals surface area contributed by atoms with E-state index in [1.165, 1.54) is 27.8 Å². The van der Waals surface area contributed by atoms with Crippen LogP contribution in [0.15, 0.2) is 24.5 Å². The van der Waals surface area contributed by atoms with Gasteiger partial charge < -0.3 is 24.4 Å². The van der Waals surface area contributed by atoms with E-state index >= 15 is 0 Å². The number of piperidine rings is 1. The van der Waals surface area contributed by atoms with E-state index in [0.29, 0.717) is 34.4 Å². The molecule has 8 nitrogen and oxygen atoms in total. The Morgan fingerprint density at radius 2 is 1.56 bits per heavy atom. The number of hydrogen-bond donors (Lipinski definition) is 1. The van der Waals surface area contributed by atoms with E-state index in [1.807, 2.05) is 0 Å². The first-order chi connectivity index (χ1) is 13.2. The lowest BCUT2D eigenvalue weighted by Gasteiger charge is -2.26. The van der Waals surface area contributed by atoms with Crippen LogP contribution in [0.4, 0.5) is 11.6 Å². The summed E-state index contributed by atoms with van der Waals surface area (Å²) < 4.78 is 15.9. The maximum absolute atomic E-state index is 12.5. The van der Waals surface area contributed by atoms with Crippen molar-refractivity contribution in [3.63, 3.8) is 0 Å². The van der Waals surface area contributed by atoms with Gasteiger partial charge in [-0.1, -0.05) is 0 Å². The van der Waals surface area contributed by atoms with E-state index in [1.54, 1.807) is 24.5 Å². The summed E-state index contributed by atoms with van der Waals surface area (Å²) in [7, 11) is 4.58. The van der Waals surface area contributed by atoms with Crippen molar-refractivity contribution in [2.75, 3.05) is 44.6 Å². The zero-order valence-electron chi connectivity index (χ0n) is 15.8. The summed E-state index contributed by atoms with van der Waals surface area (Å²) >= 11 is 0. The minimum atomic E-state index is -0.311. The second-order valence-electron chi connectivity index (χ2n) is 6.19. The largest absolute Gasteiger partial charge is 0.493 e. The highest BCUT2D eigenvalue weighted by Gasteiger charge is 2.17. The summed E-state index contributed by atoms with van der Waals surface area (Å²) in [6.07, 6.45) is 6.62. The number of methoxy groups -OCH3 is 3. The Morgan fingerprint density at radius 3 is 2.07 bits per heavy atom. The van der Waals surface area contributed by atoms with Crippen LogP contribution in [0, 0.1) is 0 Å². The minimum Gasteiger partial charge on any atom is -0.493 e. The van der Waals surface area contributed by atoms with E-state index in [0.717, 1.165) is 25.9 Å². The molecule has 1 amide bonds. The van der Waals surface area contributed by atoms with E-state index in [4.69, 9.17) is 14.2 Å². The van der Waals surface area contributed by atoms with Gasteiger partial charge in [0.1, 0.15) is 0 Å². The van der Waals surface area contributed by atoms with Crippen LogP contribution in [0.3, 0.4) is 0 Å². The van der Waals surface area contributed by atoms with Crippen molar-refractivity contribution in [1.82, 2.24) is 9.97 Å². The maximum atomic E-state index is 12.5. The van der Waals surface area contributed by atoms with E-state index in [2.05, 4.69) is 20.2 Å². The molecule has 1 fully saturated rings. The fraction of sp³-hybridized carbons (Fsp3) is 0.421. The van der Waals surface area contributed by atoms with Crippen molar-refractivity contribution in [1.29, 1.82) is 0 Å². The van der Waals surface area contributed by atoms with Gasteiger partial charge >= 0.3 is 0 Å². The fourth-order valence-corrected chi connectivity index (χ4v) is 3.05. The van der Waals surface area contributed by atoms with Gasteiger partial charge in [-0.05, 0) is 19.3 Å². The van der Waals surface area contributed by atoms with E-state index < -0.39 is 0 Å². The average Bonchev–Trinajstić information content (AvgIpc) is 2.73. The summed E-state index contributed by atoms with van der Waals surface area (Å²) in [6, 6.07) is 3.34. The Bertz CT molecular complexity index is 764. The highest BCUT2D eigenvalue weighted by Crippen LogP contribution is 2.40. The Labute approximate surface area is 158 Å². The summed E-state index contributed by atoms with van der Waals surface area (Å²) in [5, 5.41) is 2.81. The third kappa shape index (κ3) is 4.21. The molecule has 8 heteroatoms. The zero-order valence-corrected chi connectivity index (χ0v) is 15.8. The normalized spacial score (nSPS) is 13.8. The first-order valence-corrected chi connectivity index (χ1v) is 8.84. The van der Waals surface area contributed by atoms with Gasteiger partial charge in [0, 0.05) is 43.3 Å². The molecular formula is C19H24N4O4. The SMILES string of the molecule is COc1cc(NC(=O)c2cnc(N3CCCCC3)nc2)cc(OC)c1OC. The number of carbonyl (C=O) groups excluding carboxylic acids is 1. The van der Waals surface area contributed by atoms with Gasteiger partial charge in [0.25, 0.3) is 5.91 Å². The predicted octanol–water partition coefficient (Wildman–Crippen LogP) is 2.75. The Morgan fingerprint density at radius 1 is 0.963 bits per heavy atom. The van der Waals surface area contributed by atoms with E-state index in [-0.39, 0.29) is 5.91 Å². The van der Waals surface area contributed by atoms with Gasteiger partial charge in [0.15, 0.2) is 11.5 Å². The molecule has 27 heavy (non-hydrogen) atoms. The zero-order chi connectivity index (χ0) is 19.2. The number of ether oxygens (including phenoxy) is 3. The molecule has 1 saturated heterocycles. The van der Waals surface area contributed by atoms with Gasteiger partial charge in [0.05, 0.1) is 26.9 Å². The molecule has 1 aromatic carbocycles. The third-order valence-corrected chi connectivity index (χ3v) is 4.46. The van der Waals surface area contributed by atoms with Crippen molar-refractivity contribution in [2.45, 2.75) is 19.3 Å². The molecule has 0 unspecified atom stereocenters. The number of amides is 1. The van der Waals surface area contributed by atoms with Crippen molar-refractivity contribution >= 4 is 17.5 Å². The van der Waals surface area contributed by atoms with Crippen LogP contribution in [0.5, 0.6) is 17.2 Å². The van der Waals surface area contributed by atoms with Gasteiger partial charge in [-0.25, -0.2) is 9.97 Å². The molecule has 0 aliphatic carbocycles. The molecule has 0 spiro atoms. The Balaban J connectivity index is 1.75. The topological polar surface area (TPSA) is 85.8 Å². The molecule has 1 aliphatic rings. The smallest absolute Gasteiger partial charge is 0.258 e. The van der Waals surface area contributed by atoms with Crippen molar-refractivity contribution in [3.05, 3.63) is 30.1 Å². The van der Waals surface area contributed by atoms with Gasteiger partial charge in [-0.3, -0.25) is 4.79 Å². The quantitative estimate of drug-likeness (QED) is 0.834. The lowest BCUT2D eigenvalue weighted by molar-refractivity contribution is 0.102. The van der Waals surface area contributed by atoms with Crippen LogP contribution in [-0.4, -0.2) is 50.3 Å². The number of anilines is 2. The summed E-state index contributed by atoms with van der Waals surface area (Å²) in [5.74, 6) is 1.74. The molecule has 2 heterocycles. The maximum Gasteiger partial charge on any atom is 0.258 e. The summed E-state index contributed by atoms with van der Waals surface area (Å²) in [6.45, 7) is 1.91. The average molecular weight is 372 g/mol. The number of hydrogen-bond acceptors (Lipinski definition) is 7. The Kier molecular flexibility index (Phi) is 5.95. The second kappa shape index (κ2) is 8.57. The van der Waals surface area contributed by atoms with Crippen molar-refractivity contribution in [2.24, 2.45) is 0 Å². The lowest BCUT2D eigenvalue weighted by Crippen LogP contribution is -2.31. The first-order valence-electron chi connectivity index (χ1n) is 8.84. The van der Waals surface area contributed by atoms with Crippen LogP contribution in [0.2, 0.25) is 0 Å². The van der Waals surface area contributed by atoms with Gasteiger partial charge in [0.2, 0.25) is 11.7 Å². The van der Waals surface area contributed by atoms with Crippen LogP contribution >= 0.6 is 0 Å². The molecule has 1 N–H and O–H groups in total. The summed E-state index contributed by atoms with van der Waals surface area (Å²) in [5.41, 5.74) is 0.902. The molecule has 3 rings (SSSR count). The molecule has 0 radical (unpaired) electrons. The fourth-order valence-electron chi connectivity index (χ4n) is 3.05. The highest BCUT2D eigenvalue weighted by molar-refractivity contribution is 6.04. The van der Waals surface area contributed by atoms with E-state index in [9.17, 15) is 4.79 Å². The molecule has 0 atom stereocenters. The highest BCUT2D eigenvalue weighted by atomic mass is 16.5. The number of rotatable bonds is 6. The molecule has 0 bridgehead atoms. The third-order valence-electron chi connectivity index (χ3n) is 4.46. The first kappa shape index (κ1) is 18.8. The van der Waals surface area contributed by atoms with Crippen molar-refractivity contribution in [3.8, 4) is 17.2 Å². The molecule has 2 aromatic rings. The number of nitrogens with zero attached hydrogens (tertiary/aromatic N) is 3. The van der Waals surface area contributed by atoms with Crippen LogP contribution in [0.25, 0.3) is 0 Å². The number of aromatic nitrogens is 2. The number of benzene rings is 1. The molecule has 1 aliphatic heterocycles. The monoisotopic (exact) mass is 372 g/mol. The standard InChI is InChI=1S/C19H24N4O4/c1-25-15-9-14(10-16(26-2)17(15)27-3)22-18(24)13-11-20-19(21-12-13)23-7-5-4-6-8-23/h9-12H,4-8H2,1-3H3,(H,22,24). The van der Waals surface area contributed by atoms with Crippen LogP contribution in [-0.2, 0) is 0 Å². The lowest BCUT2D eigenvalue weighted by atomic mass is 10.1.